The Labute approximate surface area is 234 Å². The number of ether oxygens (including phenoxy) is 1. The van der Waals surface area contributed by atoms with E-state index in [4.69, 9.17) is 4.74 Å². The highest BCUT2D eigenvalue weighted by molar-refractivity contribution is 7.09. The number of urea groups is 1. The van der Waals surface area contributed by atoms with Crippen LogP contribution in [0.5, 0.6) is 5.75 Å². The normalized spacial score (nSPS) is 13.5. The highest BCUT2D eigenvalue weighted by Crippen LogP contribution is 2.30. The van der Waals surface area contributed by atoms with Gasteiger partial charge in [-0.2, -0.15) is 5.10 Å². The van der Waals surface area contributed by atoms with Gasteiger partial charge in [-0.3, -0.25) is 30.9 Å². The van der Waals surface area contributed by atoms with E-state index in [9.17, 15) is 14.4 Å². The number of hydrogen-bond donors (Lipinski definition) is 4. The molecule has 0 spiro atoms. The Bertz CT molecular complexity index is 1480. The summed E-state index contributed by atoms with van der Waals surface area (Å²) in [6, 6.07) is 18.6. The van der Waals surface area contributed by atoms with Crippen molar-refractivity contribution in [3.63, 3.8) is 0 Å². The molecule has 11 nitrogen and oxygen atoms in total. The first-order valence-corrected chi connectivity index (χ1v) is 13.7. The van der Waals surface area contributed by atoms with Crippen LogP contribution < -0.4 is 20.9 Å². The maximum Gasteiger partial charge on any atom is 0.323 e. The van der Waals surface area contributed by atoms with Crippen molar-refractivity contribution in [2.45, 2.75) is 25.2 Å². The Kier molecular flexibility index (Phi) is 8.35. The highest BCUT2D eigenvalue weighted by Gasteiger charge is 2.27. The summed E-state index contributed by atoms with van der Waals surface area (Å²) in [7, 11) is 1.56. The number of carbonyl (C=O) groups is 3. The summed E-state index contributed by atoms with van der Waals surface area (Å²) in [5, 5.41) is 12.5. The van der Waals surface area contributed by atoms with Gasteiger partial charge in [0.25, 0.3) is 5.91 Å². The Hall–Kier alpha value is -4.71. The number of aromatic nitrogens is 3. The number of anilines is 1. The van der Waals surface area contributed by atoms with Crippen LogP contribution in [0.3, 0.4) is 0 Å². The molecular weight excluding hydrogens is 530 g/mol. The van der Waals surface area contributed by atoms with Crippen LogP contribution in [0.1, 0.15) is 39.8 Å². The average molecular weight is 560 g/mol. The lowest BCUT2D eigenvalue weighted by Crippen LogP contribution is -2.42. The third kappa shape index (κ3) is 6.64. The number of nitrogens with zero attached hydrogens (tertiary/aromatic N) is 3. The molecule has 0 atom stereocenters. The predicted molar refractivity (Wildman–Crippen MR) is 151 cm³/mol. The first-order chi connectivity index (χ1) is 19.5. The van der Waals surface area contributed by atoms with Gasteiger partial charge >= 0.3 is 6.03 Å². The van der Waals surface area contributed by atoms with Crippen molar-refractivity contribution in [2.75, 3.05) is 25.5 Å². The number of benzene rings is 2. The molecule has 0 radical (unpaired) electrons. The number of likely N-dealkylation sites (tertiary alicyclic amines) is 1. The van der Waals surface area contributed by atoms with E-state index in [2.05, 4.69) is 31.3 Å². The Balaban J connectivity index is 1.07. The Morgan fingerprint density at radius 2 is 1.85 bits per heavy atom. The first kappa shape index (κ1) is 26.9. The molecule has 1 aliphatic heterocycles. The summed E-state index contributed by atoms with van der Waals surface area (Å²) in [4.78, 5) is 43.8. The second-order valence-electron chi connectivity index (χ2n) is 9.33. The zero-order chi connectivity index (χ0) is 27.9. The Morgan fingerprint density at radius 3 is 2.62 bits per heavy atom. The third-order valence-electron chi connectivity index (χ3n) is 6.60. The minimum absolute atomic E-state index is 0.0975. The summed E-state index contributed by atoms with van der Waals surface area (Å²) < 4.78 is 5.17. The zero-order valence-electron chi connectivity index (χ0n) is 21.8. The molecule has 0 saturated carbocycles. The van der Waals surface area contributed by atoms with Gasteiger partial charge in [-0.15, -0.1) is 11.3 Å². The van der Waals surface area contributed by atoms with Crippen LogP contribution in [0.15, 0.2) is 66.0 Å². The number of piperidine rings is 1. The van der Waals surface area contributed by atoms with Crippen molar-refractivity contribution in [1.82, 2.24) is 30.9 Å². The van der Waals surface area contributed by atoms with Crippen molar-refractivity contribution in [3.05, 3.63) is 82.3 Å². The summed E-state index contributed by atoms with van der Waals surface area (Å²) in [6.45, 7) is 1.13. The van der Waals surface area contributed by atoms with Crippen molar-refractivity contribution < 1.29 is 19.1 Å². The molecule has 1 fully saturated rings. The largest absolute Gasteiger partial charge is 0.497 e. The van der Waals surface area contributed by atoms with Crippen LogP contribution in [-0.2, 0) is 11.2 Å². The number of H-pyrrole nitrogens is 1. The van der Waals surface area contributed by atoms with Gasteiger partial charge in [-0.1, -0.05) is 42.5 Å². The fourth-order valence-corrected chi connectivity index (χ4v) is 5.42. The lowest BCUT2D eigenvalue weighted by atomic mass is 9.98. The SMILES string of the molecule is COc1cccc(CC(=O)NNC(=O)c2csc(C3CCN(C(=O)Nc4cc(-c5ccccc5)[nH]n4)CC3)n2)c1. The molecule has 4 aromatic rings. The lowest BCUT2D eigenvalue weighted by Gasteiger charge is -2.30. The van der Waals surface area contributed by atoms with Gasteiger partial charge in [0, 0.05) is 30.5 Å². The van der Waals surface area contributed by atoms with E-state index < -0.39 is 5.91 Å². The molecule has 0 bridgehead atoms. The molecule has 0 unspecified atom stereocenters. The van der Waals surface area contributed by atoms with Crippen molar-refractivity contribution in [3.8, 4) is 17.0 Å². The topological polar surface area (TPSA) is 141 Å². The lowest BCUT2D eigenvalue weighted by molar-refractivity contribution is -0.121. The molecule has 4 amide bonds. The number of hydrogen-bond acceptors (Lipinski definition) is 7. The highest BCUT2D eigenvalue weighted by atomic mass is 32.1. The fraction of sp³-hybridized carbons (Fsp3) is 0.250. The maximum absolute atomic E-state index is 12.8. The number of nitrogens with one attached hydrogen (secondary N) is 4. The van der Waals surface area contributed by atoms with Gasteiger partial charge in [0.15, 0.2) is 5.82 Å². The van der Waals surface area contributed by atoms with E-state index in [1.54, 1.807) is 35.6 Å². The van der Waals surface area contributed by atoms with E-state index in [1.807, 2.05) is 42.5 Å². The first-order valence-electron chi connectivity index (χ1n) is 12.8. The van der Waals surface area contributed by atoms with Crippen LogP contribution in [-0.4, -0.2) is 58.1 Å². The number of hydrazine groups is 1. The molecule has 4 N–H and O–H groups in total. The summed E-state index contributed by atoms with van der Waals surface area (Å²) in [5.41, 5.74) is 7.69. The quantitative estimate of drug-likeness (QED) is 0.253. The summed E-state index contributed by atoms with van der Waals surface area (Å²) >= 11 is 1.41. The maximum atomic E-state index is 12.8. The number of methoxy groups -OCH3 is 1. The summed E-state index contributed by atoms with van der Waals surface area (Å²) in [6.07, 6.45) is 1.56. The zero-order valence-corrected chi connectivity index (χ0v) is 22.7. The molecule has 1 saturated heterocycles. The number of aromatic amines is 1. The summed E-state index contributed by atoms with van der Waals surface area (Å²) in [5.74, 6) is 0.442. The van der Waals surface area contributed by atoms with Crippen LogP contribution >= 0.6 is 11.3 Å². The van der Waals surface area contributed by atoms with Crippen LogP contribution in [0.25, 0.3) is 11.3 Å². The number of amides is 4. The molecule has 5 rings (SSSR count). The van der Waals surface area contributed by atoms with Gasteiger partial charge in [0.2, 0.25) is 5.91 Å². The molecule has 40 heavy (non-hydrogen) atoms. The second kappa shape index (κ2) is 12.4. The minimum Gasteiger partial charge on any atom is -0.497 e. The molecule has 0 aliphatic carbocycles. The van der Waals surface area contributed by atoms with Crippen molar-refractivity contribution >= 4 is 35.0 Å². The number of rotatable bonds is 7. The van der Waals surface area contributed by atoms with Crippen LogP contribution in [0.2, 0.25) is 0 Å². The fourth-order valence-electron chi connectivity index (χ4n) is 4.45. The molecule has 2 aromatic heterocycles. The van der Waals surface area contributed by atoms with Crippen LogP contribution in [0, 0.1) is 0 Å². The molecule has 3 heterocycles. The molecule has 1 aliphatic rings. The number of carbonyl (C=O) groups excluding carboxylic acids is 3. The molecule has 12 heteroatoms. The smallest absolute Gasteiger partial charge is 0.323 e. The molecule has 2 aromatic carbocycles. The van der Waals surface area contributed by atoms with E-state index in [0.717, 1.165) is 34.7 Å². The third-order valence-corrected chi connectivity index (χ3v) is 7.61. The second-order valence-corrected chi connectivity index (χ2v) is 10.2. The van der Waals surface area contributed by atoms with E-state index in [1.165, 1.54) is 11.3 Å². The van der Waals surface area contributed by atoms with Crippen LogP contribution in [0.4, 0.5) is 10.6 Å². The molecule has 206 valence electrons. The number of thiazole rings is 1. The van der Waals surface area contributed by atoms with Gasteiger partial charge < -0.3 is 9.64 Å². The molecular formula is C28H29N7O4S. The van der Waals surface area contributed by atoms with Gasteiger partial charge in [0.1, 0.15) is 11.4 Å². The van der Waals surface area contributed by atoms with E-state index in [-0.39, 0.29) is 30.0 Å². The van der Waals surface area contributed by atoms with E-state index >= 15 is 0 Å². The van der Waals surface area contributed by atoms with Crippen molar-refractivity contribution in [1.29, 1.82) is 0 Å². The Morgan fingerprint density at radius 1 is 1.05 bits per heavy atom. The predicted octanol–water partition coefficient (Wildman–Crippen LogP) is 3.96. The standard InChI is InChI=1S/C28H29N7O4S/c1-39-21-9-5-6-18(14-21)15-25(36)33-34-26(37)23-17-40-27(29-23)20-10-12-35(13-11-20)28(38)30-24-16-22(31-32-24)19-7-3-2-4-8-19/h2-9,14,16-17,20H,10-13,15H2,1H3,(H,33,36)(H,34,37)(H2,30,31,32,38). The minimum atomic E-state index is -0.479. The van der Waals surface area contributed by atoms with Gasteiger partial charge in [-0.25, -0.2) is 9.78 Å². The van der Waals surface area contributed by atoms with E-state index in [0.29, 0.717) is 24.7 Å². The average Bonchev–Trinajstić information content (AvgIpc) is 3.67. The monoisotopic (exact) mass is 559 g/mol. The van der Waals surface area contributed by atoms with Crippen molar-refractivity contribution in [2.24, 2.45) is 0 Å². The van der Waals surface area contributed by atoms with Gasteiger partial charge in [-0.05, 0) is 36.1 Å². The van der Waals surface area contributed by atoms with Gasteiger partial charge in [0.05, 0.1) is 24.2 Å².